The minimum absolute atomic E-state index is 0. The van der Waals surface area contributed by atoms with Gasteiger partial charge in [0.15, 0.2) is 5.82 Å². The van der Waals surface area contributed by atoms with Gasteiger partial charge in [0.25, 0.3) is 5.89 Å². The van der Waals surface area contributed by atoms with E-state index in [1.807, 2.05) is 17.7 Å². The zero-order valence-electron chi connectivity index (χ0n) is 12.7. The first-order chi connectivity index (χ1) is 9.53. The van der Waals surface area contributed by atoms with Gasteiger partial charge in [-0.05, 0) is 38.2 Å². The van der Waals surface area contributed by atoms with Gasteiger partial charge in [0, 0.05) is 6.54 Å². The molecule has 0 atom stereocenters. The maximum atomic E-state index is 6.23. The van der Waals surface area contributed by atoms with Crippen molar-refractivity contribution in [3.63, 3.8) is 0 Å². The molecule has 0 radical (unpaired) electrons. The van der Waals surface area contributed by atoms with Crippen LogP contribution in [-0.2, 0) is 12.1 Å². The second kappa shape index (κ2) is 5.77. The number of aromatic nitrogens is 4. The number of hydrogen-bond donors (Lipinski definition) is 1. The molecule has 1 saturated carbocycles. The van der Waals surface area contributed by atoms with E-state index in [1.54, 1.807) is 0 Å². The molecule has 116 valence electrons. The Morgan fingerprint density at radius 1 is 1.43 bits per heavy atom. The summed E-state index contributed by atoms with van der Waals surface area (Å²) in [5.41, 5.74) is 7.75. The van der Waals surface area contributed by atoms with Gasteiger partial charge in [-0.15, -0.1) is 12.4 Å². The molecule has 21 heavy (non-hydrogen) atoms. The Hall–Kier alpha value is -1.40. The Balaban J connectivity index is 0.00000161. The van der Waals surface area contributed by atoms with E-state index in [9.17, 15) is 0 Å². The maximum Gasteiger partial charge on any atom is 0.276 e. The lowest BCUT2D eigenvalue weighted by molar-refractivity contribution is 0.229. The summed E-state index contributed by atoms with van der Waals surface area (Å²) in [4.78, 5) is 4.49. The first-order valence-electron chi connectivity index (χ1n) is 7.24. The van der Waals surface area contributed by atoms with E-state index >= 15 is 0 Å². The molecule has 2 aromatic rings. The topological polar surface area (TPSA) is 82.8 Å². The van der Waals surface area contributed by atoms with Crippen molar-refractivity contribution in [2.75, 3.05) is 0 Å². The Morgan fingerprint density at radius 2 is 2.14 bits per heavy atom. The smallest absolute Gasteiger partial charge is 0.276 e. The predicted octanol–water partition coefficient (Wildman–Crippen LogP) is 2.84. The lowest BCUT2D eigenvalue weighted by Gasteiger charge is -2.34. The van der Waals surface area contributed by atoms with E-state index in [1.165, 1.54) is 0 Å². The molecule has 1 fully saturated rings. The van der Waals surface area contributed by atoms with E-state index in [2.05, 4.69) is 29.1 Å². The number of aryl methyl sites for hydroxylation is 1. The van der Waals surface area contributed by atoms with Gasteiger partial charge in [0.2, 0.25) is 0 Å². The number of hydrogen-bond acceptors (Lipinski definition) is 5. The van der Waals surface area contributed by atoms with E-state index < -0.39 is 0 Å². The molecule has 1 aliphatic rings. The van der Waals surface area contributed by atoms with Crippen molar-refractivity contribution in [1.29, 1.82) is 0 Å². The van der Waals surface area contributed by atoms with Crippen LogP contribution < -0.4 is 5.73 Å². The van der Waals surface area contributed by atoms with Crippen LogP contribution in [0.15, 0.2) is 10.6 Å². The average molecular weight is 312 g/mol. The second-order valence-electron chi connectivity index (χ2n) is 5.86. The maximum absolute atomic E-state index is 6.23. The van der Waals surface area contributed by atoms with Gasteiger partial charge in [-0.1, -0.05) is 19.0 Å². The first kappa shape index (κ1) is 16.0. The lowest BCUT2D eigenvalue weighted by atomic mass is 9.77. The van der Waals surface area contributed by atoms with Crippen molar-refractivity contribution in [2.45, 2.75) is 58.0 Å². The quantitative estimate of drug-likeness (QED) is 0.938. The summed E-state index contributed by atoms with van der Waals surface area (Å²) in [5, 5.41) is 8.63. The molecule has 2 heterocycles. The van der Waals surface area contributed by atoms with Crippen LogP contribution in [0.5, 0.6) is 0 Å². The van der Waals surface area contributed by atoms with Gasteiger partial charge in [0.1, 0.15) is 5.69 Å². The van der Waals surface area contributed by atoms with Crippen molar-refractivity contribution in [2.24, 2.45) is 5.73 Å². The van der Waals surface area contributed by atoms with Crippen molar-refractivity contribution in [3.8, 4) is 11.6 Å². The van der Waals surface area contributed by atoms with Crippen molar-refractivity contribution in [1.82, 2.24) is 19.9 Å². The standard InChI is InChI=1S/C14H21N5O.ClH/c1-4-19-11(8-10(17-19)9(2)3)12-16-13(18-20-12)14(15)6-5-7-14;/h8-9H,4-7,15H2,1-3H3;1H. The fourth-order valence-electron chi connectivity index (χ4n) is 2.44. The molecule has 7 heteroatoms. The normalized spacial score (nSPS) is 16.6. The summed E-state index contributed by atoms with van der Waals surface area (Å²) in [6.45, 7) is 7.06. The monoisotopic (exact) mass is 311 g/mol. The molecule has 0 spiro atoms. The molecule has 0 unspecified atom stereocenters. The largest absolute Gasteiger partial charge is 0.332 e. The summed E-state index contributed by atoms with van der Waals surface area (Å²) in [6, 6.07) is 2.02. The van der Waals surface area contributed by atoms with Crippen LogP contribution >= 0.6 is 12.4 Å². The molecule has 2 aromatic heterocycles. The summed E-state index contributed by atoms with van der Waals surface area (Å²) in [7, 11) is 0. The summed E-state index contributed by atoms with van der Waals surface area (Å²) in [5.74, 6) is 1.50. The van der Waals surface area contributed by atoms with Crippen LogP contribution in [0.3, 0.4) is 0 Å². The van der Waals surface area contributed by atoms with E-state index in [0.29, 0.717) is 17.6 Å². The van der Waals surface area contributed by atoms with Crippen LogP contribution in [0.25, 0.3) is 11.6 Å². The summed E-state index contributed by atoms with van der Waals surface area (Å²) >= 11 is 0. The van der Waals surface area contributed by atoms with E-state index in [4.69, 9.17) is 10.3 Å². The fraction of sp³-hybridized carbons (Fsp3) is 0.643. The summed E-state index contributed by atoms with van der Waals surface area (Å²) in [6.07, 6.45) is 2.98. The minimum atomic E-state index is -0.389. The fourth-order valence-corrected chi connectivity index (χ4v) is 2.44. The summed E-state index contributed by atoms with van der Waals surface area (Å²) < 4.78 is 7.31. The van der Waals surface area contributed by atoms with Gasteiger partial charge < -0.3 is 10.3 Å². The van der Waals surface area contributed by atoms with Crippen LogP contribution in [0.4, 0.5) is 0 Å². The van der Waals surface area contributed by atoms with Crippen molar-refractivity contribution >= 4 is 12.4 Å². The van der Waals surface area contributed by atoms with Crippen LogP contribution in [0, 0.1) is 0 Å². The third kappa shape index (κ3) is 2.70. The molecule has 2 N–H and O–H groups in total. The number of nitrogens with zero attached hydrogens (tertiary/aromatic N) is 4. The molecular weight excluding hydrogens is 290 g/mol. The Morgan fingerprint density at radius 3 is 2.67 bits per heavy atom. The van der Waals surface area contributed by atoms with Gasteiger partial charge in [-0.3, -0.25) is 4.68 Å². The molecule has 0 saturated heterocycles. The van der Waals surface area contributed by atoms with Gasteiger partial charge in [0.05, 0.1) is 11.2 Å². The predicted molar refractivity (Wildman–Crippen MR) is 82.2 cm³/mol. The van der Waals surface area contributed by atoms with E-state index in [0.717, 1.165) is 37.2 Å². The molecule has 6 nitrogen and oxygen atoms in total. The van der Waals surface area contributed by atoms with Gasteiger partial charge in [-0.25, -0.2) is 0 Å². The highest BCUT2D eigenvalue weighted by Gasteiger charge is 2.39. The Kier molecular flexibility index (Phi) is 4.39. The third-order valence-electron chi connectivity index (χ3n) is 4.03. The molecule has 0 amide bonds. The number of halogens is 1. The lowest BCUT2D eigenvalue weighted by Crippen LogP contribution is -2.44. The number of nitrogens with two attached hydrogens (primary N) is 1. The van der Waals surface area contributed by atoms with Gasteiger partial charge in [-0.2, -0.15) is 10.1 Å². The molecule has 3 rings (SSSR count). The third-order valence-corrected chi connectivity index (χ3v) is 4.03. The van der Waals surface area contributed by atoms with Gasteiger partial charge >= 0.3 is 0 Å². The highest BCUT2D eigenvalue weighted by molar-refractivity contribution is 5.85. The molecule has 0 aromatic carbocycles. The van der Waals surface area contributed by atoms with Crippen LogP contribution in [0.2, 0.25) is 0 Å². The zero-order chi connectivity index (χ0) is 14.3. The molecular formula is C14H22ClN5O. The van der Waals surface area contributed by atoms with E-state index in [-0.39, 0.29) is 17.9 Å². The number of rotatable bonds is 4. The molecule has 1 aliphatic carbocycles. The molecule has 0 aliphatic heterocycles. The Bertz CT molecular complexity index is 615. The van der Waals surface area contributed by atoms with Crippen LogP contribution in [0.1, 0.15) is 57.5 Å². The van der Waals surface area contributed by atoms with Crippen LogP contribution in [-0.4, -0.2) is 19.9 Å². The molecule has 0 bridgehead atoms. The zero-order valence-corrected chi connectivity index (χ0v) is 13.5. The Labute approximate surface area is 130 Å². The second-order valence-corrected chi connectivity index (χ2v) is 5.86. The minimum Gasteiger partial charge on any atom is -0.332 e. The first-order valence-corrected chi connectivity index (χ1v) is 7.24. The highest BCUT2D eigenvalue weighted by atomic mass is 35.5. The SMILES string of the molecule is CCn1nc(C(C)C)cc1-c1nc(C2(N)CCC2)no1.Cl. The van der Waals surface area contributed by atoms with Crippen molar-refractivity contribution in [3.05, 3.63) is 17.6 Å². The average Bonchev–Trinajstić information content (AvgIpc) is 3.01. The highest BCUT2D eigenvalue weighted by Crippen LogP contribution is 2.37. The van der Waals surface area contributed by atoms with Crippen molar-refractivity contribution < 1.29 is 4.52 Å².